The molecule has 1 amide bonds. The van der Waals surface area contributed by atoms with Gasteiger partial charge >= 0.3 is 11.9 Å². The summed E-state index contributed by atoms with van der Waals surface area (Å²) in [5.41, 5.74) is -0.405. The molecule has 4 aliphatic rings. The third-order valence-electron chi connectivity index (χ3n) is 12.8. The van der Waals surface area contributed by atoms with Gasteiger partial charge < -0.3 is 20.3 Å². The van der Waals surface area contributed by atoms with E-state index in [0.29, 0.717) is 42.4 Å². The summed E-state index contributed by atoms with van der Waals surface area (Å²) in [6, 6.07) is -0.880. The lowest BCUT2D eigenvalue weighted by Gasteiger charge is -2.62. The van der Waals surface area contributed by atoms with Gasteiger partial charge in [-0.1, -0.05) is 27.7 Å². The summed E-state index contributed by atoms with van der Waals surface area (Å²) < 4.78 is 6.05. The van der Waals surface area contributed by atoms with Crippen molar-refractivity contribution >= 4 is 17.8 Å². The highest BCUT2D eigenvalue weighted by molar-refractivity contribution is 5.83. The lowest BCUT2D eigenvalue weighted by atomic mass is 9.43. The molecule has 7 nitrogen and oxygen atoms in total. The SMILES string of the molecule is CCC(C)(C)C(=O)OC1CC[C@@]2(C)C(CCC3C2CC(O)[C@]2(C)C(C(C)CCC(=O)NC(C)C(=O)O)CCC32)C1. The summed E-state index contributed by atoms with van der Waals surface area (Å²) in [6.45, 7) is 14.5. The highest BCUT2D eigenvalue weighted by Gasteiger charge is 2.64. The van der Waals surface area contributed by atoms with Crippen LogP contribution in [0.5, 0.6) is 0 Å². The number of esters is 1. The fourth-order valence-corrected chi connectivity index (χ4v) is 9.64. The van der Waals surface area contributed by atoms with Gasteiger partial charge in [0.2, 0.25) is 5.91 Å². The van der Waals surface area contributed by atoms with Crippen molar-refractivity contribution in [3.8, 4) is 0 Å². The first-order chi connectivity index (χ1) is 18.6. The molecule has 0 bridgehead atoms. The number of rotatable bonds is 9. The van der Waals surface area contributed by atoms with Crippen LogP contribution in [0.4, 0.5) is 0 Å². The van der Waals surface area contributed by atoms with Crippen LogP contribution in [0.25, 0.3) is 0 Å². The summed E-state index contributed by atoms with van der Waals surface area (Å²) in [6.07, 6.45) is 9.82. The largest absolute Gasteiger partial charge is 0.480 e. The Hall–Kier alpha value is -1.63. The number of ether oxygens (including phenoxy) is 1. The molecule has 0 saturated heterocycles. The average molecular weight is 562 g/mol. The first-order valence-corrected chi connectivity index (χ1v) is 16.1. The predicted molar refractivity (Wildman–Crippen MR) is 154 cm³/mol. The van der Waals surface area contributed by atoms with Crippen molar-refractivity contribution in [2.24, 2.45) is 51.8 Å². The third kappa shape index (κ3) is 5.57. The molecule has 4 fully saturated rings. The molecule has 7 heteroatoms. The van der Waals surface area contributed by atoms with E-state index < -0.39 is 17.4 Å². The quantitative estimate of drug-likeness (QED) is 0.299. The van der Waals surface area contributed by atoms with E-state index in [1.807, 2.05) is 20.8 Å². The van der Waals surface area contributed by atoms with Crippen LogP contribution in [0.1, 0.15) is 119 Å². The molecule has 3 N–H and O–H groups in total. The smallest absolute Gasteiger partial charge is 0.325 e. The number of carbonyl (C=O) groups excluding carboxylic acids is 2. The first-order valence-electron chi connectivity index (χ1n) is 16.1. The molecule has 9 unspecified atom stereocenters. The maximum Gasteiger partial charge on any atom is 0.325 e. The molecular formula is C33H55NO6. The number of carbonyl (C=O) groups is 3. The van der Waals surface area contributed by atoms with Gasteiger partial charge in [-0.2, -0.15) is 0 Å². The van der Waals surface area contributed by atoms with Gasteiger partial charge in [0.1, 0.15) is 12.1 Å². The van der Waals surface area contributed by atoms with Crippen LogP contribution in [0, 0.1) is 51.8 Å². The van der Waals surface area contributed by atoms with Crippen molar-refractivity contribution < 1.29 is 29.3 Å². The zero-order chi connectivity index (χ0) is 29.6. The van der Waals surface area contributed by atoms with Crippen molar-refractivity contribution in [2.45, 2.75) is 137 Å². The van der Waals surface area contributed by atoms with E-state index >= 15 is 0 Å². The van der Waals surface area contributed by atoms with Crippen molar-refractivity contribution in [3.63, 3.8) is 0 Å². The second kappa shape index (κ2) is 11.6. The standard InChI is InChI=1S/C33H55NO6/c1-8-31(4,5)30(39)40-22-15-16-32(6)21(17-22)10-11-23-25-13-12-24(33(25,7)27(35)18-26(23)32)19(2)9-14-28(36)34-20(3)29(37)38/h19-27,35H,8-18H2,1-7H3,(H,34,36)(H,37,38)/t19?,20?,21?,22?,23?,24?,25?,26?,27?,32-,33+/m0/s1. The Balaban J connectivity index is 1.41. The minimum absolute atomic E-state index is 0.0131. The second-order valence-corrected chi connectivity index (χ2v) is 15.1. The number of nitrogens with one attached hydrogen (secondary N) is 1. The normalized spacial score (nSPS) is 40.6. The van der Waals surface area contributed by atoms with Crippen LogP contribution in [0.2, 0.25) is 0 Å². The Morgan fingerprint density at radius 2 is 1.73 bits per heavy atom. The summed E-state index contributed by atoms with van der Waals surface area (Å²) in [5.74, 6) is 1.49. The fraction of sp³-hybridized carbons (Fsp3) is 0.909. The minimum Gasteiger partial charge on any atom is -0.480 e. The fourth-order valence-electron chi connectivity index (χ4n) is 9.64. The average Bonchev–Trinajstić information content (AvgIpc) is 3.26. The van der Waals surface area contributed by atoms with E-state index in [0.717, 1.165) is 44.9 Å². The molecule has 228 valence electrons. The number of aliphatic hydroxyl groups excluding tert-OH is 1. The molecule has 0 aromatic rings. The lowest BCUT2D eigenvalue weighted by Crippen LogP contribution is -2.59. The molecule has 0 radical (unpaired) electrons. The number of amides is 1. The molecule has 0 aliphatic heterocycles. The Bertz CT molecular complexity index is 965. The molecule has 0 heterocycles. The molecule has 0 aromatic heterocycles. The monoisotopic (exact) mass is 561 g/mol. The molecule has 4 rings (SSSR count). The Labute approximate surface area is 241 Å². The highest BCUT2D eigenvalue weighted by atomic mass is 16.5. The van der Waals surface area contributed by atoms with Crippen LogP contribution >= 0.6 is 0 Å². The number of fused-ring (bicyclic) bond motifs is 5. The maximum atomic E-state index is 12.8. The Morgan fingerprint density at radius 3 is 2.38 bits per heavy atom. The number of aliphatic hydroxyl groups is 1. The van der Waals surface area contributed by atoms with Gasteiger partial charge in [0.05, 0.1) is 11.5 Å². The summed E-state index contributed by atoms with van der Waals surface area (Å²) in [4.78, 5) is 36.2. The molecule has 0 aromatic carbocycles. The van der Waals surface area contributed by atoms with Gasteiger partial charge in [0.25, 0.3) is 0 Å². The predicted octanol–water partition coefficient (Wildman–Crippen LogP) is 5.97. The van der Waals surface area contributed by atoms with Gasteiger partial charge in [0, 0.05) is 6.42 Å². The van der Waals surface area contributed by atoms with E-state index in [1.165, 1.54) is 19.8 Å². The summed E-state index contributed by atoms with van der Waals surface area (Å²) in [7, 11) is 0. The Morgan fingerprint density at radius 1 is 1.02 bits per heavy atom. The zero-order valence-electron chi connectivity index (χ0n) is 26.0. The van der Waals surface area contributed by atoms with Gasteiger partial charge in [-0.15, -0.1) is 0 Å². The molecule has 0 spiro atoms. The highest BCUT2D eigenvalue weighted by Crippen LogP contribution is 2.68. The summed E-state index contributed by atoms with van der Waals surface area (Å²) >= 11 is 0. The molecule has 40 heavy (non-hydrogen) atoms. The van der Waals surface area contributed by atoms with E-state index in [9.17, 15) is 19.5 Å². The molecule has 4 saturated carbocycles. The van der Waals surface area contributed by atoms with E-state index in [2.05, 4.69) is 26.1 Å². The van der Waals surface area contributed by atoms with Gasteiger partial charge in [-0.25, -0.2) is 0 Å². The van der Waals surface area contributed by atoms with Crippen molar-refractivity contribution in [1.82, 2.24) is 5.32 Å². The lowest BCUT2D eigenvalue weighted by molar-refractivity contribution is -0.185. The maximum absolute atomic E-state index is 12.8. The van der Waals surface area contributed by atoms with Crippen LogP contribution in [0.3, 0.4) is 0 Å². The van der Waals surface area contributed by atoms with Crippen molar-refractivity contribution in [3.05, 3.63) is 0 Å². The summed E-state index contributed by atoms with van der Waals surface area (Å²) in [5, 5.41) is 23.5. The zero-order valence-corrected chi connectivity index (χ0v) is 26.0. The number of aliphatic carboxylic acids is 1. The number of carboxylic acids is 1. The van der Waals surface area contributed by atoms with Crippen LogP contribution < -0.4 is 5.32 Å². The number of carboxylic acid groups (broad SMARTS) is 1. The van der Waals surface area contributed by atoms with Crippen LogP contribution in [0.15, 0.2) is 0 Å². The topological polar surface area (TPSA) is 113 Å². The Kier molecular flexibility index (Phi) is 9.05. The van der Waals surface area contributed by atoms with E-state index in [1.54, 1.807) is 0 Å². The van der Waals surface area contributed by atoms with Gasteiger partial charge in [-0.05, 0) is 131 Å². The molecular weight excluding hydrogens is 506 g/mol. The minimum atomic E-state index is -1.02. The van der Waals surface area contributed by atoms with Gasteiger partial charge in [0.15, 0.2) is 0 Å². The van der Waals surface area contributed by atoms with Crippen molar-refractivity contribution in [2.75, 3.05) is 0 Å². The van der Waals surface area contributed by atoms with Crippen LogP contribution in [-0.2, 0) is 19.1 Å². The molecule has 11 atom stereocenters. The van der Waals surface area contributed by atoms with Gasteiger partial charge in [-0.3, -0.25) is 14.4 Å². The number of hydrogen-bond donors (Lipinski definition) is 3. The molecule has 4 aliphatic carbocycles. The number of hydrogen-bond acceptors (Lipinski definition) is 5. The van der Waals surface area contributed by atoms with Crippen molar-refractivity contribution in [1.29, 1.82) is 0 Å². The first kappa shape index (κ1) is 31.3. The van der Waals surface area contributed by atoms with E-state index in [-0.39, 0.29) is 40.8 Å². The van der Waals surface area contributed by atoms with E-state index in [4.69, 9.17) is 9.84 Å². The second-order valence-electron chi connectivity index (χ2n) is 15.1. The van der Waals surface area contributed by atoms with Crippen LogP contribution in [-0.4, -0.2) is 46.3 Å². The third-order valence-corrected chi connectivity index (χ3v) is 12.8.